The largest absolute Gasteiger partial charge is 0.497 e. The highest BCUT2D eigenvalue weighted by Gasteiger charge is 2.43. The van der Waals surface area contributed by atoms with E-state index in [2.05, 4.69) is 4.90 Å². The summed E-state index contributed by atoms with van der Waals surface area (Å²) in [6, 6.07) is 10.5. The smallest absolute Gasteiger partial charge is 0.251 e. The van der Waals surface area contributed by atoms with Crippen LogP contribution in [-0.2, 0) is 22.6 Å². The van der Waals surface area contributed by atoms with Crippen molar-refractivity contribution in [3.8, 4) is 17.2 Å². The average molecular weight is 396 g/mol. The molecule has 2 aliphatic rings. The van der Waals surface area contributed by atoms with Gasteiger partial charge in [-0.05, 0) is 41.8 Å². The number of carbonyl (C=O) groups excluding carboxylic acids is 2. The molecule has 0 bridgehead atoms. The van der Waals surface area contributed by atoms with Crippen LogP contribution in [0.15, 0.2) is 36.4 Å². The Morgan fingerprint density at radius 3 is 2.34 bits per heavy atom. The number of nitrogens with zero attached hydrogens (tertiary/aromatic N) is 2. The maximum absolute atomic E-state index is 13.1. The van der Waals surface area contributed by atoms with Gasteiger partial charge in [0, 0.05) is 19.2 Å². The van der Waals surface area contributed by atoms with Gasteiger partial charge >= 0.3 is 0 Å². The van der Waals surface area contributed by atoms with Crippen LogP contribution in [0.1, 0.15) is 17.5 Å². The highest BCUT2D eigenvalue weighted by Crippen LogP contribution is 2.35. The van der Waals surface area contributed by atoms with Gasteiger partial charge in [0.25, 0.3) is 5.91 Å². The molecule has 0 unspecified atom stereocenters. The standard InChI is InChI=1S/C22H24N2O5/c1-27-17-6-4-5-16(11-17)24-21(25)12-18(22(24)26)23-8-7-14-9-19(28-2)20(29-3)10-15(14)13-23/h4-6,9-11,18H,7-8,12-13H2,1-3H3/t18-/m0/s1. The molecule has 7 heteroatoms. The van der Waals surface area contributed by atoms with Crippen molar-refractivity contribution in [3.63, 3.8) is 0 Å². The van der Waals surface area contributed by atoms with Gasteiger partial charge in [-0.25, -0.2) is 4.90 Å². The van der Waals surface area contributed by atoms with E-state index in [1.807, 2.05) is 12.1 Å². The summed E-state index contributed by atoms with van der Waals surface area (Å²) in [7, 11) is 4.79. The predicted molar refractivity (Wildman–Crippen MR) is 108 cm³/mol. The highest BCUT2D eigenvalue weighted by molar-refractivity contribution is 6.22. The van der Waals surface area contributed by atoms with E-state index in [1.54, 1.807) is 45.6 Å². The van der Waals surface area contributed by atoms with Crippen LogP contribution in [0.25, 0.3) is 0 Å². The molecule has 2 aliphatic heterocycles. The zero-order chi connectivity index (χ0) is 20.5. The van der Waals surface area contributed by atoms with E-state index in [9.17, 15) is 9.59 Å². The average Bonchev–Trinajstić information content (AvgIpc) is 3.06. The van der Waals surface area contributed by atoms with Gasteiger partial charge in [-0.15, -0.1) is 0 Å². The molecule has 152 valence electrons. The van der Waals surface area contributed by atoms with Crippen LogP contribution in [0.5, 0.6) is 17.2 Å². The molecule has 0 spiro atoms. The number of rotatable bonds is 5. The van der Waals surface area contributed by atoms with Gasteiger partial charge in [-0.3, -0.25) is 14.5 Å². The summed E-state index contributed by atoms with van der Waals surface area (Å²) in [5, 5.41) is 0. The molecule has 0 N–H and O–H groups in total. The Balaban J connectivity index is 1.57. The molecule has 1 fully saturated rings. The SMILES string of the molecule is COc1cccc(N2C(=O)C[C@H](N3CCc4cc(OC)c(OC)cc4C3)C2=O)c1. The molecule has 4 rings (SSSR count). The fourth-order valence-corrected chi connectivity index (χ4v) is 4.09. The number of imide groups is 1. The Kier molecular flexibility index (Phi) is 5.15. The van der Waals surface area contributed by atoms with E-state index < -0.39 is 6.04 Å². The minimum Gasteiger partial charge on any atom is -0.497 e. The first-order chi connectivity index (χ1) is 14.0. The third-order valence-electron chi connectivity index (χ3n) is 5.62. The molecule has 1 saturated heterocycles. The van der Waals surface area contributed by atoms with Crippen LogP contribution >= 0.6 is 0 Å². The van der Waals surface area contributed by atoms with Crippen LogP contribution in [0.4, 0.5) is 5.69 Å². The lowest BCUT2D eigenvalue weighted by molar-refractivity contribution is -0.123. The second kappa shape index (κ2) is 7.75. The minimum atomic E-state index is -0.463. The summed E-state index contributed by atoms with van der Waals surface area (Å²) in [6.07, 6.45) is 0.964. The van der Waals surface area contributed by atoms with Crippen molar-refractivity contribution in [3.05, 3.63) is 47.5 Å². The summed E-state index contributed by atoms with van der Waals surface area (Å²) < 4.78 is 16.0. The Hall–Kier alpha value is -3.06. The molecule has 0 aliphatic carbocycles. The molecule has 2 amide bonds. The first-order valence-electron chi connectivity index (χ1n) is 9.54. The van der Waals surface area contributed by atoms with E-state index in [-0.39, 0.29) is 18.2 Å². The maximum atomic E-state index is 13.1. The molecule has 2 aromatic carbocycles. The number of amides is 2. The van der Waals surface area contributed by atoms with Crippen molar-refractivity contribution in [2.45, 2.75) is 25.4 Å². The minimum absolute atomic E-state index is 0.179. The van der Waals surface area contributed by atoms with Crippen molar-refractivity contribution >= 4 is 17.5 Å². The molecule has 0 saturated carbocycles. The van der Waals surface area contributed by atoms with Crippen LogP contribution < -0.4 is 19.1 Å². The number of methoxy groups -OCH3 is 3. The lowest BCUT2D eigenvalue weighted by atomic mass is 9.97. The van der Waals surface area contributed by atoms with Crippen LogP contribution in [0.2, 0.25) is 0 Å². The third kappa shape index (κ3) is 3.42. The second-order valence-corrected chi connectivity index (χ2v) is 7.19. The molecule has 0 aromatic heterocycles. The van der Waals surface area contributed by atoms with Crippen LogP contribution in [0, 0.1) is 0 Å². The van der Waals surface area contributed by atoms with Gasteiger partial charge in [0.2, 0.25) is 5.91 Å². The number of anilines is 1. The zero-order valence-corrected chi connectivity index (χ0v) is 16.8. The highest BCUT2D eigenvalue weighted by atomic mass is 16.5. The van der Waals surface area contributed by atoms with Gasteiger partial charge in [0.1, 0.15) is 5.75 Å². The topological polar surface area (TPSA) is 68.3 Å². The van der Waals surface area contributed by atoms with Crippen molar-refractivity contribution < 1.29 is 23.8 Å². The van der Waals surface area contributed by atoms with E-state index >= 15 is 0 Å². The van der Waals surface area contributed by atoms with Crippen LogP contribution in [-0.4, -0.2) is 50.6 Å². The molecule has 29 heavy (non-hydrogen) atoms. The number of hydrogen-bond acceptors (Lipinski definition) is 6. The molecule has 7 nitrogen and oxygen atoms in total. The monoisotopic (exact) mass is 396 g/mol. The zero-order valence-electron chi connectivity index (χ0n) is 16.8. The van der Waals surface area contributed by atoms with Crippen molar-refractivity contribution in [2.24, 2.45) is 0 Å². The van der Waals surface area contributed by atoms with Gasteiger partial charge in [-0.2, -0.15) is 0 Å². The molecule has 2 aromatic rings. The number of ether oxygens (including phenoxy) is 3. The predicted octanol–water partition coefficient (Wildman–Crippen LogP) is 2.40. The summed E-state index contributed by atoms with van der Waals surface area (Å²) in [5.41, 5.74) is 2.82. The van der Waals surface area contributed by atoms with E-state index in [0.717, 1.165) is 12.0 Å². The molecule has 0 radical (unpaired) electrons. The number of fused-ring (bicyclic) bond motifs is 1. The summed E-state index contributed by atoms with van der Waals surface area (Å²) in [5.74, 6) is 1.61. The van der Waals surface area contributed by atoms with Gasteiger partial charge in [0.05, 0.1) is 39.5 Å². The fourth-order valence-electron chi connectivity index (χ4n) is 4.09. The Morgan fingerprint density at radius 2 is 1.66 bits per heavy atom. The lowest BCUT2D eigenvalue weighted by Gasteiger charge is -2.32. The van der Waals surface area contributed by atoms with Crippen molar-refractivity contribution in [1.29, 1.82) is 0 Å². The first kappa shape index (κ1) is 19.3. The quantitative estimate of drug-likeness (QED) is 0.723. The Morgan fingerprint density at radius 1 is 0.931 bits per heavy atom. The summed E-state index contributed by atoms with van der Waals surface area (Å²) >= 11 is 0. The van der Waals surface area contributed by atoms with Crippen molar-refractivity contribution in [2.75, 3.05) is 32.8 Å². The van der Waals surface area contributed by atoms with Gasteiger partial charge in [0.15, 0.2) is 11.5 Å². The number of benzene rings is 2. The Bertz CT molecular complexity index is 958. The van der Waals surface area contributed by atoms with E-state index in [4.69, 9.17) is 14.2 Å². The van der Waals surface area contributed by atoms with Crippen molar-refractivity contribution in [1.82, 2.24) is 4.90 Å². The molecular formula is C22H24N2O5. The van der Waals surface area contributed by atoms with Gasteiger partial charge < -0.3 is 14.2 Å². The second-order valence-electron chi connectivity index (χ2n) is 7.19. The fraction of sp³-hybridized carbons (Fsp3) is 0.364. The molecule has 1 atom stereocenters. The maximum Gasteiger partial charge on any atom is 0.251 e. The normalized spacial score (nSPS) is 19.3. The van der Waals surface area contributed by atoms with E-state index in [1.165, 1.54) is 10.5 Å². The first-order valence-corrected chi connectivity index (χ1v) is 9.54. The number of hydrogen-bond donors (Lipinski definition) is 0. The molecule has 2 heterocycles. The van der Waals surface area contributed by atoms with Gasteiger partial charge in [-0.1, -0.05) is 6.07 Å². The molecular weight excluding hydrogens is 372 g/mol. The summed E-state index contributed by atoms with van der Waals surface area (Å²) in [4.78, 5) is 29.2. The Labute approximate surface area is 169 Å². The third-order valence-corrected chi connectivity index (χ3v) is 5.62. The van der Waals surface area contributed by atoms with E-state index in [0.29, 0.717) is 36.0 Å². The lowest BCUT2D eigenvalue weighted by Crippen LogP contribution is -2.44. The summed E-state index contributed by atoms with van der Waals surface area (Å²) in [6.45, 7) is 1.30. The van der Waals surface area contributed by atoms with Crippen LogP contribution in [0.3, 0.4) is 0 Å². The number of carbonyl (C=O) groups is 2.